The Labute approximate surface area is 136 Å². The van der Waals surface area contributed by atoms with Gasteiger partial charge in [0.1, 0.15) is 11.3 Å². The highest BCUT2D eigenvalue weighted by Gasteiger charge is 2.32. The van der Waals surface area contributed by atoms with Crippen LogP contribution in [0.2, 0.25) is 0 Å². The molecule has 1 aromatic carbocycles. The van der Waals surface area contributed by atoms with Gasteiger partial charge in [-0.25, -0.2) is 0 Å². The molecular weight excluding hydrogens is 292 g/mol. The molecule has 2 atom stereocenters. The molecule has 0 unspecified atom stereocenters. The summed E-state index contributed by atoms with van der Waals surface area (Å²) < 4.78 is 11.3. The molecule has 2 aromatic rings. The number of furan rings is 1. The third kappa shape index (κ3) is 3.28. The molecule has 2 aliphatic heterocycles. The summed E-state index contributed by atoms with van der Waals surface area (Å²) >= 11 is 0. The summed E-state index contributed by atoms with van der Waals surface area (Å²) in [6.45, 7) is 6.06. The molecule has 0 radical (unpaired) electrons. The van der Waals surface area contributed by atoms with E-state index in [0.29, 0.717) is 13.2 Å². The largest absolute Gasteiger partial charge is 0.460 e. The predicted octanol–water partition coefficient (Wildman–Crippen LogP) is 1.70. The summed E-state index contributed by atoms with van der Waals surface area (Å²) in [5.41, 5.74) is 0.963. The van der Waals surface area contributed by atoms with E-state index in [1.807, 2.05) is 18.2 Å². The number of nitrogens with zero attached hydrogens (tertiary/aromatic N) is 2. The number of fused-ring (bicyclic) bond motifs is 1. The van der Waals surface area contributed by atoms with Gasteiger partial charge in [-0.2, -0.15) is 0 Å². The van der Waals surface area contributed by atoms with Gasteiger partial charge in [0.25, 0.3) is 0 Å². The van der Waals surface area contributed by atoms with Crippen molar-refractivity contribution in [1.82, 2.24) is 9.80 Å². The molecule has 124 valence electrons. The van der Waals surface area contributed by atoms with E-state index in [1.165, 1.54) is 5.39 Å². The number of rotatable bonds is 3. The van der Waals surface area contributed by atoms with Crippen molar-refractivity contribution < 1.29 is 14.3 Å². The molecule has 1 N–H and O–H groups in total. The van der Waals surface area contributed by atoms with Crippen LogP contribution >= 0.6 is 0 Å². The lowest BCUT2D eigenvalue weighted by Crippen LogP contribution is -2.44. The first-order valence-corrected chi connectivity index (χ1v) is 8.49. The Morgan fingerprint density at radius 1 is 1.09 bits per heavy atom. The van der Waals surface area contributed by atoms with Crippen LogP contribution in [0.5, 0.6) is 0 Å². The molecule has 5 heteroatoms. The quantitative estimate of drug-likeness (QED) is 0.934. The van der Waals surface area contributed by atoms with Crippen LogP contribution in [-0.2, 0) is 11.3 Å². The third-order valence-corrected chi connectivity index (χ3v) is 4.97. The van der Waals surface area contributed by atoms with Crippen LogP contribution in [0.25, 0.3) is 11.0 Å². The van der Waals surface area contributed by atoms with Crippen molar-refractivity contribution in [2.24, 2.45) is 0 Å². The van der Waals surface area contributed by atoms with E-state index in [2.05, 4.69) is 21.9 Å². The average molecular weight is 316 g/mol. The molecule has 2 fully saturated rings. The minimum Gasteiger partial charge on any atom is -0.460 e. The van der Waals surface area contributed by atoms with Crippen LogP contribution in [-0.4, -0.2) is 66.4 Å². The minimum atomic E-state index is -0.336. The van der Waals surface area contributed by atoms with E-state index in [9.17, 15) is 5.11 Å². The first-order chi connectivity index (χ1) is 11.3. The number of hydrogen-bond donors (Lipinski definition) is 1. The lowest BCUT2D eigenvalue weighted by molar-refractivity contribution is 0.0835. The first kappa shape index (κ1) is 15.1. The Morgan fingerprint density at radius 3 is 2.83 bits per heavy atom. The maximum absolute atomic E-state index is 10.0. The van der Waals surface area contributed by atoms with E-state index in [0.717, 1.165) is 50.5 Å². The zero-order valence-corrected chi connectivity index (χ0v) is 13.4. The van der Waals surface area contributed by atoms with Gasteiger partial charge in [-0.3, -0.25) is 9.80 Å². The fourth-order valence-electron chi connectivity index (χ4n) is 3.70. The van der Waals surface area contributed by atoms with Crippen molar-refractivity contribution in [2.75, 3.05) is 39.4 Å². The van der Waals surface area contributed by atoms with E-state index in [-0.39, 0.29) is 12.1 Å². The second-order valence-electron chi connectivity index (χ2n) is 6.59. The topological polar surface area (TPSA) is 49.1 Å². The Bertz CT molecular complexity index is 624. The maximum atomic E-state index is 10.0. The number of aliphatic hydroxyl groups is 1. The molecule has 23 heavy (non-hydrogen) atoms. The monoisotopic (exact) mass is 316 g/mol. The molecule has 3 heterocycles. The summed E-state index contributed by atoms with van der Waals surface area (Å²) in [4.78, 5) is 4.83. The zero-order valence-electron chi connectivity index (χ0n) is 13.4. The molecule has 0 spiro atoms. The standard InChI is InChI=1S/C18H24N2O3/c21-17-13-22-12-16(17)20-7-3-6-19(8-9-20)11-15-10-14-4-1-2-5-18(14)23-15/h1-2,4-5,10,16-17,21H,3,6-9,11-13H2/t16-,17-/m0/s1. The number of ether oxygens (including phenoxy) is 1. The first-order valence-electron chi connectivity index (χ1n) is 8.49. The molecule has 4 rings (SSSR count). The molecule has 5 nitrogen and oxygen atoms in total. The molecule has 2 aliphatic rings. The van der Waals surface area contributed by atoms with Gasteiger partial charge in [0, 0.05) is 18.5 Å². The van der Waals surface area contributed by atoms with Crippen molar-refractivity contribution >= 4 is 11.0 Å². The molecule has 0 amide bonds. The molecule has 0 saturated carbocycles. The van der Waals surface area contributed by atoms with Gasteiger partial charge in [0.2, 0.25) is 0 Å². The number of aliphatic hydroxyl groups excluding tert-OH is 1. The van der Waals surface area contributed by atoms with Crippen molar-refractivity contribution in [2.45, 2.75) is 25.1 Å². The SMILES string of the molecule is O[C@H]1COC[C@@H]1N1CCCN(Cc2cc3ccccc3o2)CC1. The lowest BCUT2D eigenvalue weighted by Gasteiger charge is -2.28. The van der Waals surface area contributed by atoms with Crippen LogP contribution in [0.15, 0.2) is 34.7 Å². The minimum absolute atomic E-state index is 0.168. The van der Waals surface area contributed by atoms with Gasteiger partial charge in [-0.15, -0.1) is 0 Å². The predicted molar refractivity (Wildman–Crippen MR) is 88.3 cm³/mol. The molecular formula is C18H24N2O3. The third-order valence-electron chi connectivity index (χ3n) is 4.97. The van der Waals surface area contributed by atoms with Crippen molar-refractivity contribution in [3.05, 3.63) is 36.1 Å². The second kappa shape index (κ2) is 6.61. The van der Waals surface area contributed by atoms with Crippen molar-refractivity contribution in [3.8, 4) is 0 Å². The van der Waals surface area contributed by atoms with Gasteiger partial charge in [-0.1, -0.05) is 18.2 Å². The van der Waals surface area contributed by atoms with Gasteiger partial charge < -0.3 is 14.3 Å². The Hall–Kier alpha value is -1.40. The highest BCUT2D eigenvalue weighted by Crippen LogP contribution is 2.21. The van der Waals surface area contributed by atoms with Gasteiger partial charge in [0.15, 0.2) is 0 Å². The fraction of sp³-hybridized carbons (Fsp3) is 0.556. The maximum Gasteiger partial charge on any atom is 0.134 e. The van der Waals surface area contributed by atoms with Crippen molar-refractivity contribution in [1.29, 1.82) is 0 Å². The average Bonchev–Trinajstić information content (AvgIpc) is 3.08. The number of para-hydroxylation sites is 1. The summed E-state index contributed by atoms with van der Waals surface area (Å²) in [6.07, 6.45) is 0.778. The summed E-state index contributed by atoms with van der Waals surface area (Å²) in [5.74, 6) is 1.03. The number of hydrogen-bond acceptors (Lipinski definition) is 5. The Kier molecular flexibility index (Phi) is 4.35. The van der Waals surface area contributed by atoms with Gasteiger partial charge >= 0.3 is 0 Å². The van der Waals surface area contributed by atoms with E-state index in [4.69, 9.17) is 9.15 Å². The molecule has 0 aliphatic carbocycles. The highest BCUT2D eigenvalue weighted by molar-refractivity contribution is 5.77. The zero-order chi connectivity index (χ0) is 15.6. The van der Waals surface area contributed by atoms with Crippen LogP contribution in [0.4, 0.5) is 0 Å². The normalized spacial score (nSPS) is 27.5. The van der Waals surface area contributed by atoms with Crippen LogP contribution in [0.1, 0.15) is 12.2 Å². The Balaban J connectivity index is 1.38. The summed E-state index contributed by atoms with van der Waals surface area (Å²) in [6, 6.07) is 10.5. The van der Waals surface area contributed by atoms with Crippen LogP contribution in [0, 0.1) is 0 Å². The smallest absolute Gasteiger partial charge is 0.134 e. The van der Waals surface area contributed by atoms with E-state index < -0.39 is 0 Å². The molecule has 0 bridgehead atoms. The summed E-state index contributed by atoms with van der Waals surface area (Å²) in [5, 5.41) is 11.2. The molecule has 1 aromatic heterocycles. The van der Waals surface area contributed by atoms with Crippen LogP contribution < -0.4 is 0 Å². The van der Waals surface area contributed by atoms with Gasteiger partial charge in [0.05, 0.1) is 31.9 Å². The van der Waals surface area contributed by atoms with E-state index >= 15 is 0 Å². The summed E-state index contributed by atoms with van der Waals surface area (Å²) in [7, 11) is 0. The fourth-order valence-corrected chi connectivity index (χ4v) is 3.70. The van der Waals surface area contributed by atoms with E-state index in [1.54, 1.807) is 0 Å². The second-order valence-corrected chi connectivity index (χ2v) is 6.59. The van der Waals surface area contributed by atoms with Crippen LogP contribution in [0.3, 0.4) is 0 Å². The highest BCUT2D eigenvalue weighted by atomic mass is 16.5. The van der Waals surface area contributed by atoms with Gasteiger partial charge in [-0.05, 0) is 31.6 Å². The molecule has 2 saturated heterocycles. The van der Waals surface area contributed by atoms with Crippen molar-refractivity contribution in [3.63, 3.8) is 0 Å². The number of benzene rings is 1. The Morgan fingerprint density at radius 2 is 2.00 bits per heavy atom. The lowest BCUT2D eigenvalue weighted by atomic mass is 10.2.